The zero-order valence-electron chi connectivity index (χ0n) is 18.7. The van der Waals surface area contributed by atoms with Gasteiger partial charge in [0.2, 0.25) is 0 Å². The smallest absolute Gasteiger partial charge is 0.338 e. The molecule has 0 unspecified atom stereocenters. The van der Waals surface area contributed by atoms with E-state index >= 15 is 0 Å². The van der Waals surface area contributed by atoms with Crippen molar-refractivity contribution in [1.82, 2.24) is 9.99 Å². The molecule has 0 fully saturated rings. The van der Waals surface area contributed by atoms with Gasteiger partial charge in [-0.3, -0.25) is 4.79 Å². The largest absolute Gasteiger partial charge is 0.494 e. The Hall–Kier alpha value is -3.87. The van der Waals surface area contributed by atoms with Crippen molar-refractivity contribution < 1.29 is 19.1 Å². The quantitative estimate of drug-likeness (QED) is 0.324. The van der Waals surface area contributed by atoms with Gasteiger partial charge in [-0.1, -0.05) is 0 Å². The molecule has 0 radical (unpaired) electrons. The average molecular weight is 434 g/mol. The zero-order valence-corrected chi connectivity index (χ0v) is 18.7. The van der Waals surface area contributed by atoms with Crippen LogP contribution in [0.5, 0.6) is 5.75 Å². The number of aryl methyl sites for hydroxylation is 1. The summed E-state index contributed by atoms with van der Waals surface area (Å²) in [5.41, 5.74) is 7.33. The first-order valence-electron chi connectivity index (χ1n) is 10.5. The van der Waals surface area contributed by atoms with Gasteiger partial charge >= 0.3 is 5.97 Å². The molecule has 0 atom stereocenters. The predicted molar refractivity (Wildman–Crippen MR) is 124 cm³/mol. The third kappa shape index (κ3) is 5.24. The number of hydrazone groups is 1. The van der Waals surface area contributed by atoms with Crippen LogP contribution in [0.25, 0.3) is 5.69 Å². The van der Waals surface area contributed by atoms with Crippen LogP contribution in [0.3, 0.4) is 0 Å². The van der Waals surface area contributed by atoms with E-state index in [9.17, 15) is 9.59 Å². The molecule has 3 rings (SSSR count). The molecule has 0 aliphatic carbocycles. The number of nitrogens with zero attached hydrogens (tertiary/aromatic N) is 2. The minimum absolute atomic E-state index is 0.298. The lowest BCUT2D eigenvalue weighted by Crippen LogP contribution is -2.17. The number of aromatic nitrogens is 1. The number of esters is 1. The van der Waals surface area contributed by atoms with E-state index in [1.54, 1.807) is 49.5 Å². The van der Waals surface area contributed by atoms with E-state index in [0.717, 1.165) is 28.4 Å². The van der Waals surface area contributed by atoms with Crippen LogP contribution in [0, 0.1) is 13.8 Å². The lowest BCUT2D eigenvalue weighted by atomic mass is 10.2. The number of hydrogen-bond donors (Lipinski definition) is 1. The van der Waals surface area contributed by atoms with E-state index in [1.807, 2.05) is 39.0 Å². The standard InChI is InChI=1S/C25H27N3O4/c1-5-31-23-13-9-19(10-14-23)24(29)27-26-16-21-15-17(3)28(18(21)4)22-11-7-20(8-12-22)25(30)32-6-2/h7-16H,5-6H2,1-4H3,(H,27,29)/b26-16-. The van der Waals surface area contributed by atoms with E-state index in [0.29, 0.717) is 24.3 Å². The number of hydrogen-bond acceptors (Lipinski definition) is 5. The summed E-state index contributed by atoms with van der Waals surface area (Å²) in [4.78, 5) is 24.2. The summed E-state index contributed by atoms with van der Waals surface area (Å²) in [5.74, 6) is 0.0824. The Morgan fingerprint density at radius 1 is 0.969 bits per heavy atom. The molecule has 0 saturated carbocycles. The number of rotatable bonds is 8. The number of benzene rings is 2. The Bertz CT molecular complexity index is 1110. The number of ether oxygens (including phenoxy) is 2. The highest BCUT2D eigenvalue weighted by Crippen LogP contribution is 2.20. The summed E-state index contributed by atoms with van der Waals surface area (Å²) in [6, 6.07) is 16.1. The van der Waals surface area contributed by atoms with Gasteiger partial charge in [0, 0.05) is 28.2 Å². The molecule has 2 aromatic carbocycles. The Labute approximate surface area is 187 Å². The molecule has 7 nitrogen and oxygen atoms in total. The highest BCUT2D eigenvalue weighted by atomic mass is 16.5. The minimum Gasteiger partial charge on any atom is -0.494 e. The third-order valence-corrected chi connectivity index (χ3v) is 4.90. The van der Waals surface area contributed by atoms with Gasteiger partial charge in [0.05, 0.1) is 25.0 Å². The highest BCUT2D eigenvalue weighted by molar-refractivity contribution is 5.95. The maximum Gasteiger partial charge on any atom is 0.338 e. The van der Waals surface area contributed by atoms with Crippen LogP contribution in [0.15, 0.2) is 59.7 Å². The number of nitrogens with one attached hydrogen (secondary N) is 1. The molecule has 32 heavy (non-hydrogen) atoms. The van der Waals surface area contributed by atoms with Crippen LogP contribution in [-0.2, 0) is 4.74 Å². The molecular weight excluding hydrogens is 406 g/mol. The monoisotopic (exact) mass is 433 g/mol. The maximum absolute atomic E-state index is 12.3. The lowest BCUT2D eigenvalue weighted by Gasteiger charge is -2.10. The Kier molecular flexibility index (Phi) is 7.44. The van der Waals surface area contributed by atoms with Gasteiger partial charge in [-0.05, 0) is 82.3 Å². The van der Waals surface area contributed by atoms with Crippen LogP contribution in [0.4, 0.5) is 0 Å². The van der Waals surface area contributed by atoms with Crippen molar-refractivity contribution in [3.8, 4) is 11.4 Å². The number of amides is 1. The van der Waals surface area contributed by atoms with Crippen molar-refractivity contribution >= 4 is 18.1 Å². The summed E-state index contributed by atoms with van der Waals surface area (Å²) in [5, 5.41) is 4.11. The fourth-order valence-corrected chi connectivity index (χ4v) is 3.37. The van der Waals surface area contributed by atoms with Gasteiger partial charge in [0.1, 0.15) is 5.75 Å². The maximum atomic E-state index is 12.3. The van der Waals surface area contributed by atoms with Crippen LogP contribution < -0.4 is 10.2 Å². The molecule has 1 heterocycles. The fourth-order valence-electron chi connectivity index (χ4n) is 3.37. The van der Waals surface area contributed by atoms with Crippen molar-refractivity contribution in [3.05, 3.63) is 82.7 Å². The summed E-state index contributed by atoms with van der Waals surface area (Å²) in [6.07, 6.45) is 1.62. The topological polar surface area (TPSA) is 81.9 Å². The first-order chi connectivity index (χ1) is 15.4. The van der Waals surface area contributed by atoms with Crippen LogP contribution >= 0.6 is 0 Å². The predicted octanol–water partition coefficient (Wildman–Crippen LogP) is 4.43. The van der Waals surface area contributed by atoms with Crippen LogP contribution in [0.1, 0.15) is 51.5 Å². The summed E-state index contributed by atoms with van der Waals surface area (Å²) < 4.78 is 12.5. The van der Waals surface area contributed by atoms with Gasteiger partial charge < -0.3 is 14.0 Å². The molecule has 0 aliphatic rings. The SMILES string of the molecule is CCOC(=O)c1ccc(-n2c(C)cc(/C=N\NC(=O)c3ccc(OCC)cc3)c2C)cc1. The molecule has 0 spiro atoms. The van der Waals surface area contributed by atoms with Crippen molar-refractivity contribution in [2.75, 3.05) is 13.2 Å². The molecule has 0 bridgehead atoms. The Balaban J connectivity index is 1.71. The van der Waals surface area contributed by atoms with E-state index in [4.69, 9.17) is 9.47 Å². The fraction of sp³-hybridized carbons (Fsp3) is 0.240. The number of carbonyl (C=O) groups excluding carboxylic acids is 2. The van der Waals surface area contributed by atoms with Crippen molar-refractivity contribution in [1.29, 1.82) is 0 Å². The number of carbonyl (C=O) groups is 2. The van der Waals surface area contributed by atoms with Crippen molar-refractivity contribution in [2.24, 2.45) is 5.10 Å². The first kappa shape index (κ1) is 22.8. The van der Waals surface area contributed by atoms with E-state index in [-0.39, 0.29) is 11.9 Å². The first-order valence-corrected chi connectivity index (χ1v) is 10.5. The molecule has 1 N–H and O–H groups in total. The Morgan fingerprint density at radius 2 is 1.62 bits per heavy atom. The van der Waals surface area contributed by atoms with Gasteiger partial charge in [0.25, 0.3) is 5.91 Å². The summed E-state index contributed by atoms with van der Waals surface area (Å²) in [7, 11) is 0. The molecule has 7 heteroatoms. The van der Waals surface area contributed by atoms with E-state index in [2.05, 4.69) is 15.1 Å². The second-order valence-corrected chi connectivity index (χ2v) is 7.09. The zero-order chi connectivity index (χ0) is 23.1. The van der Waals surface area contributed by atoms with Gasteiger partial charge in [-0.25, -0.2) is 10.2 Å². The summed E-state index contributed by atoms with van der Waals surface area (Å²) in [6.45, 7) is 8.56. The van der Waals surface area contributed by atoms with Gasteiger partial charge in [-0.2, -0.15) is 5.10 Å². The van der Waals surface area contributed by atoms with Gasteiger partial charge in [-0.15, -0.1) is 0 Å². The van der Waals surface area contributed by atoms with Crippen molar-refractivity contribution in [3.63, 3.8) is 0 Å². The molecule has 166 valence electrons. The lowest BCUT2D eigenvalue weighted by molar-refractivity contribution is 0.0526. The van der Waals surface area contributed by atoms with E-state index in [1.165, 1.54) is 0 Å². The summed E-state index contributed by atoms with van der Waals surface area (Å²) >= 11 is 0. The normalized spacial score (nSPS) is 10.9. The third-order valence-electron chi connectivity index (χ3n) is 4.90. The van der Waals surface area contributed by atoms with E-state index < -0.39 is 0 Å². The Morgan fingerprint density at radius 3 is 2.25 bits per heavy atom. The van der Waals surface area contributed by atoms with Crippen molar-refractivity contribution in [2.45, 2.75) is 27.7 Å². The average Bonchev–Trinajstić information content (AvgIpc) is 3.07. The highest BCUT2D eigenvalue weighted by Gasteiger charge is 2.12. The molecule has 1 aromatic heterocycles. The second kappa shape index (κ2) is 10.4. The second-order valence-electron chi connectivity index (χ2n) is 7.09. The molecule has 0 saturated heterocycles. The minimum atomic E-state index is -0.337. The van der Waals surface area contributed by atoms with Crippen LogP contribution in [-0.4, -0.2) is 35.9 Å². The molecule has 0 aliphatic heterocycles. The van der Waals surface area contributed by atoms with Gasteiger partial charge in [0.15, 0.2) is 0 Å². The molecular formula is C25H27N3O4. The van der Waals surface area contributed by atoms with Crippen LogP contribution in [0.2, 0.25) is 0 Å². The molecule has 1 amide bonds. The molecule has 3 aromatic rings.